The molecule has 0 fully saturated rings. The summed E-state index contributed by atoms with van der Waals surface area (Å²) in [6.45, 7) is 0. The minimum absolute atomic E-state index is 0.225. The number of aromatic nitrogens is 1. The number of carbonyl (C=O) groups is 1. The van der Waals surface area contributed by atoms with Crippen LogP contribution in [0, 0.1) is 11.3 Å². The molecular formula is C19H11ClF3N3O3S2. The Bertz CT molecular complexity index is 1300. The second-order valence-electron chi connectivity index (χ2n) is 6.15. The Morgan fingerprint density at radius 3 is 2.58 bits per heavy atom. The van der Waals surface area contributed by atoms with E-state index >= 15 is 0 Å². The van der Waals surface area contributed by atoms with Crippen LogP contribution in [0.2, 0.25) is 5.02 Å². The maximum absolute atomic E-state index is 13.3. The molecule has 0 bridgehead atoms. The number of carbonyl (C=O) groups excluding carboxylic acids is 1. The van der Waals surface area contributed by atoms with Crippen LogP contribution in [0.4, 0.5) is 13.2 Å². The molecule has 12 heteroatoms. The van der Waals surface area contributed by atoms with Crippen LogP contribution < -0.4 is 4.72 Å². The van der Waals surface area contributed by atoms with Crippen molar-refractivity contribution in [2.75, 3.05) is 0 Å². The monoisotopic (exact) mass is 485 g/mol. The van der Waals surface area contributed by atoms with Crippen molar-refractivity contribution in [2.24, 2.45) is 0 Å². The number of benzene rings is 2. The fraction of sp³-hybridized carbons (Fsp3) is 0.105. The van der Waals surface area contributed by atoms with Crippen molar-refractivity contribution in [3.8, 4) is 16.6 Å². The molecular weight excluding hydrogens is 475 g/mol. The molecule has 1 heterocycles. The van der Waals surface area contributed by atoms with Crippen LogP contribution in [0.5, 0.6) is 0 Å². The quantitative estimate of drug-likeness (QED) is 0.577. The lowest BCUT2D eigenvalue weighted by molar-refractivity contribution is -0.140. The average molecular weight is 486 g/mol. The van der Waals surface area contributed by atoms with E-state index < -0.39 is 39.0 Å². The lowest BCUT2D eigenvalue weighted by atomic mass is 10.1. The molecule has 0 saturated heterocycles. The molecule has 160 valence electrons. The van der Waals surface area contributed by atoms with Gasteiger partial charge >= 0.3 is 6.18 Å². The maximum Gasteiger partial charge on any atom is 0.417 e. The largest absolute Gasteiger partial charge is 0.417 e. The summed E-state index contributed by atoms with van der Waals surface area (Å²) in [4.78, 5) is 15.3. The molecule has 3 rings (SSSR count). The summed E-state index contributed by atoms with van der Waals surface area (Å²) in [6.07, 6.45) is -5.52. The molecule has 0 radical (unpaired) electrons. The summed E-state index contributed by atoms with van der Waals surface area (Å²) in [7, 11) is -4.84. The first-order valence-corrected chi connectivity index (χ1v) is 11.1. The van der Waals surface area contributed by atoms with E-state index in [4.69, 9.17) is 16.9 Å². The normalized spacial score (nSPS) is 11.7. The maximum atomic E-state index is 13.3. The van der Waals surface area contributed by atoms with Gasteiger partial charge in [-0.2, -0.15) is 18.4 Å². The van der Waals surface area contributed by atoms with Gasteiger partial charge in [0.1, 0.15) is 5.01 Å². The third-order valence-electron chi connectivity index (χ3n) is 3.95. The van der Waals surface area contributed by atoms with Crippen LogP contribution in [0.1, 0.15) is 16.8 Å². The van der Waals surface area contributed by atoms with E-state index in [0.29, 0.717) is 27.7 Å². The lowest BCUT2D eigenvalue weighted by Gasteiger charge is -2.14. The van der Waals surface area contributed by atoms with Crippen LogP contribution >= 0.6 is 22.9 Å². The van der Waals surface area contributed by atoms with Gasteiger partial charge in [0.2, 0.25) is 5.91 Å². The number of nitrogens with zero attached hydrogens (tertiary/aromatic N) is 2. The molecule has 0 aliphatic heterocycles. The summed E-state index contributed by atoms with van der Waals surface area (Å²) < 4.78 is 66.3. The van der Waals surface area contributed by atoms with Crippen LogP contribution in [0.3, 0.4) is 0 Å². The Morgan fingerprint density at radius 1 is 1.23 bits per heavy atom. The number of amides is 1. The molecule has 0 spiro atoms. The van der Waals surface area contributed by atoms with Gasteiger partial charge in [0.05, 0.1) is 39.2 Å². The first kappa shape index (κ1) is 22.7. The van der Waals surface area contributed by atoms with E-state index in [1.54, 1.807) is 29.0 Å². The van der Waals surface area contributed by atoms with Gasteiger partial charge in [0, 0.05) is 10.9 Å². The first-order valence-electron chi connectivity index (χ1n) is 8.37. The number of sulfonamides is 1. The summed E-state index contributed by atoms with van der Waals surface area (Å²) in [6, 6.07) is 10.3. The van der Waals surface area contributed by atoms with Gasteiger partial charge < -0.3 is 0 Å². The molecule has 0 aliphatic carbocycles. The average Bonchev–Trinajstić information content (AvgIpc) is 3.14. The molecule has 3 aromatic rings. The Morgan fingerprint density at radius 2 is 1.94 bits per heavy atom. The SMILES string of the molecule is N#Cc1ccc(S(=O)(=O)NC(=O)Cc2csc(-c3ccccc3Cl)n2)c(C(F)(F)F)c1. The van der Waals surface area contributed by atoms with E-state index in [9.17, 15) is 26.4 Å². The Balaban J connectivity index is 1.82. The van der Waals surface area contributed by atoms with Gasteiger partial charge in [-0.3, -0.25) is 4.79 Å². The van der Waals surface area contributed by atoms with Gasteiger partial charge in [-0.05, 0) is 24.3 Å². The van der Waals surface area contributed by atoms with Crippen molar-refractivity contribution in [2.45, 2.75) is 17.5 Å². The molecule has 6 nitrogen and oxygen atoms in total. The predicted molar refractivity (Wildman–Crippen MR) is 108 cm³/mol. The zero-order valence-corrected chi connectivity index (χ0v) is 17.7. The van der Waals surface area contributed by atoms with Crippen LogP contribution in [-0.4, -0.2) is 19.3 Å². The third-order valence-corrected chi connectivity index (χ3v) is 6.63. The number of nitriles is 1. The van der Waals surface area contributed by atoms with E-state index in [1.807, 2.05) is 0 Å². The van der Waals surface area contributed by atoms with Crippen LogP contribution in [0.15, 0.2) is 52.7 Å². The van der Waals surface area contributed by atoms with Crippen molar-refractivity contribution in [1.29, 1.82) is 5.26 Å². The highest BCUT2D eigenvalue weighted by Gasteiger charge is 2.38. The highest BCUT2D eigenvalue weighted by atomic mass is 35.5. The van der Waals surface area contributed by atoms with Crippen molar-refractivity contribution in [3.63, 3.8) is 0 Å². The van der Waals surface area contributed by atoms with Gasteiger partial charge in [0.25, 0.3) is 10.0 Å². The number of rotatable bonds is 5. The Labute approximate surface area is 184 Å². The summed E-state index contributed by atoms with van der Waals surface area (Å²) in [5.74, 6) is -1.06. The number of alkyl halides is 3. The fourth-order valence-electron chi connectivity index (χ4n) is 2.61. The molecule has 1 aromatic heterocycles. The highest BCUT2D eigenvalue weighted by Crippen LogP contribution is 2.35. The molecule has 31 heavy (non-hydrogen) atoms. The zero-order chi connectivity index (χ0) is 22.8. The summed E-state index contributed by atoms with van der Waals surface area (Å²) in [5, 5.41) is 11.2. The molecule has 0 atom stereocenters. The number of hydrogen-bond acceptors (Lipinski definition) is 6. The second kappa shape index (κ2) is 8.66. The van der Waals surface area contributed by atoms with Gasteiger partial charge in [-0.25, -0.2) is 18.1 Å². The molecule has 0 unspecified atom stereocenters. The van der Waals surface area contributed by atoms with Crippen molar-refractivity contribution >= 4 is 38.9 Å². The van der Waals surface area contributed by atoms with Crippen LogP contribution in [0.25, 0.3) is 10.6 Å². The van der Waals surface area contributed by atoms with E-state index in [1.165, 1.54) is 22.8 Å². The van der Waals surface area contributed by atoms with Gasteiger partial charge in [0.15, 0.2) is 0 Å². The van der Waals surface area contributed by atoms with E-state index in [0.717, 1.165) is 6.07 Å². The zero-order valence-electron chi connectivity index (χ0n) is 15.3. The Kier molecular flexibility index (Phi) is 6.35. The van der Waals surface area contributed by atoms with Crippen molar-refractivity contribution in [1.82, 2.24) is 9.71 Å². The minimum atomic E-state index is -5.04. The van der Waals surface area contributed by atoms with Crippen molar-refractivity contribution < 1.29 is 26.4 Å². The minimum Gasteiger partial charge on any atom is -0.274 e. The topological polar surface area (TPSA) is 99.9 Å². The van der Waals surface area contributed by atoms with Crippen molar-refractivity contribution in [3.05, 3.63) is 69.7 Å². The smallest absolute Gasteiger partial charge is 0.274 e. The Hall–Kier alpha value is -2.94. The van der Waals surface area contributed by atoms with Gasteiger partial charge in [-0.1, -0.05) is 29.8 Å². The fourth-order valence-corrected chi connectivity index (χ4v) is 4.94. The molecule has 1 N–H and O–H groups in total. The number of hydrogen-bond donors (Lipinski definition) is 1. The number of halogens is 4. The number of thiazole rings is 1. The standard InChI is InChI=1S/C19H11ClF3N3O3S2/c20-15-4-2-1-3-13(15)18-25-12(10-30-18)8-17(27)26-31(28,29)16-6-5-11(9-24)7-14(16)19(21,22)23/h1-7,10H,8H2,(H,26,27). The van der Waals surface area contributed by atoms with E-state index in [2.05, 4.69) is 4.98 Å². The molecule has 0 aliphatic rings. The third kappa shape index (κ3) is 5.22. The number of nitrogens with one attached hydrogen (secondary N) is 1. The molecule has 0 saturated carbocycles. The van der Waals surface area contributed by atoms with Gasteiger partial charge in [-0.15, -0.1) is 11.3 Å². The summed E-state index contributed by atoms with van der Waals surface area (Å²) in [5.41, 5.74) is -1.06. The molecule has 2 aromatic carbocycles. The van der Waals surface area contributed by atoms with E-state index in [-0.39, 0.29) is 11.3 Å². The van der Waals surface area contributed by atoms with Crippen LogP contribution in [-0.2, 0) is 27.4 Å². The summed E-state index contributed by atoms with van der Waals surface area (Å²) >= 11 is 7.28. The second-order valence-corrected chi connectivity index (χ2v) is 9.07. The molecule has 1 amide bonds. The first-order chi connectivity index (χ1) is 14.5. The highest BCUT2D eigenvalue weighted by molar-refractivity contribution is 7.90. The lowest BCUT2D eigenvalue weighted by Crippen LogP contribution is -2.33. The predicted octanol–water partition coefficient (Wildman–Crippen LogP) is 4.40.